The number of nitrogens with zero attached hydrogens (tertiary/aromatic N) is 3. The Balaban J connectivity index is 1.49. The molecule has 7 nitrogen and oxygen atoms in total. The lowest BCUT2D eigenvalue weighted by atomic mass is 10.0. The highest BCUT2D eigenvalue weighted by molar-refractivity contribution is 5.97. The molecular formula is C36H26F5N3O4. The van der Waals surface area contributed by atoms with Gasteiger partial charge in [0.1, 0.15) is 47.1 Å². The SMILES string of the molecule is CN(C)C(=O)c1cc(Oc2ccc(-c3cc(C(F)(F)F)c(C#N)c(=O)n3Cc3ccc(F)cc3F)cc2)ccc1OCc1ccccc1. The van der Waals surface area contributed by atoms with Crippen LogP contribution < -0.4 is 15.0 Å². The van der Waals surface area contributed by atoms with Gasteiger partial charge in [0.25, 0.3) is 11.5 Å². The van der Waals surface area contributed by atoms with Gasteiger partial charge in [-0.25, -0.2) is 8.78 Å². The highest BCUT2D eigenvalue weighted by atomic mass is 19.4. The molecule has 1 amide bonds. The van der Waals surface area contributed by atoms with Crippen LogP contribution in [0.1, 0.15) is 32.6 Å². The van der Waals surface area contributed by atoms with Crippen molar-refractivity contribution in [3.05, 3.63) is 147 Å². The smallest absolute Gasteiger partial charge is 0.417 e. The lowest BCUT2D eigenvalue weighted by Gasteiger charge is -2.18. The van der Waals surface area contributed by atoms with E-state index in [0.29, 0.717) is 17.9 Å². The number of alkyl halides is 3. The van der Waals surface area contributed by atoms with Crippen molar-refractivity contribution in [3.8, 4) is 34.6 Å². The molecule has 0 aliphatic heterocycles. The standard InChI is InChI=1S/C36H26F5N3O4/c1-43(2)34(45)28-17-27(14-15-33(28)47-21-22-6-4-3-5-7-22)48-26-12-9-23(10-13-26)32-18-30(36(39,40)41)29(19-42)35(46)44(32)20-24-8-11-25(37)16-31(24)38/h3-18H,20-21H2,1-2H3. The van der Waals surface area contributed by atoms with E-state index in [9.17, 15) is 36.8 Å². The monoisotopic (exact) mass is 659 g/mol. The number of carbonyl (C=O) groups is 1. The van der Waals surface area contributed by atoms with Gasteiger partial charge in [-0.2, -0.15) is 18.4 Å². The molecule has 0 aliphatic carbocycles. The van der Waals surface area contributed by atoms with Crippen LogP contribution in [0.2, 0.25) is 0 Å². The second kappa shape index (κ2) is 13.8. The normalized spacial score (nSPS) is 11.1. The topological polar surface area (TPSA) is 84.6 Å². The predicted molar refractivity (Wildman–Crippen MR) is 167 cm³/mol. The second-order valence-electron chi connectivity index (χ2n) is 10.8. The largest absolute Gasteiger partial charge is 0.488 e. The molecule has 0 aliphatic rings. The van der Waals surface area contributed by atoms with Gasteiger partial charge < -0.3 is 18.9 Å². The third-order valence-electron chi connectivity index (χ3n) is 7.27. The molecule has 1 aromatic heterocycles. The molecule has 48 heavy (non-hydrogen) atoms. The minimum atomic E-state index is -5.04. The van der Waals surface area contributed by atoms with Crippen LogP contribution in [0.15, 0.2) is 102 Å². The van der Waals surface area contributed by atoms with Gasteiger partial charge in [0.05, 0.1) is 23.4 Å². The Hall–Kier alpha value is -5.96. The van der Waals surface area contributed by atoms with Crippen molar-refractivity contribution in [1.82, 2.24) is 9.47 Å². The summed E-state index contributed by atoms with van der Waals surface area (Å²) in [5, 5.41) is 9.43. The van der Waals surface area contributed by atoms with Crippen molar-refractivity contribution in [2.24, 2.45) is 0 Å². The zero-order chi connectivity index (χ0) is 34.6. The molecule has 5 rings (SSSR count). The molecule has 0 atom stereocenters. The average Bonchev–Trinajstić information content (AvgIpc) is 3.06. The summed E-state index contributed by atoms with van der Waals surface area (Å²) in [5.41, 5.74) is -3.09. The Morgan fingerprint density at radius 1 is 0.896 bits per heavy atom. The van der Waals surface area contributed by atoms with E-state index in [1.54, 1.807) is 26.2 Å². The van der Waals surface area contributed by atoms with E-state index in [1.807, 2.05) is 30.3 Å². The summed E-state index contributed by atoms with van der Waals surface area (Å²) < 4.78 is 82.5. The fourth-order valence-electron chi connectivity index (χ4n) is 4.87. The van der Waals surface area contributed by atoms with Crippen molar-refractivity contribution >= 4 is 5.91 Å². The fourth-order valence-corrected chi connectivity index (χ4v) is 4.87. The van der Waals surface area contributed by atoms with Gasteiger partial charge in [-0.05, 0) is 65.7 Å². The molecule has 0 fully saturated rings. The number of amides is 1. The average molecular weight is 660 g/mol. The number of hydrogen-bond donors (Lipinski definition) is 0. The molecule has 5 aromatic rings. The molecule has 0 bridgehead atoms. The van der Waals surface area contributed by atoms with E-state index in [1.165, 1.54) is 41.3 Å². The first kappa shape index (κ1) is 33.4. The Kier molecular flexibility index (Phi) is 9.61. The van der Waals surface area contributed by atoms with Crippen LogP contribution in [-0.4, -0.2) is 29.5 Å². The maximum atomic E-state index is 14.5. The summed E-state index contributed by atoms with van der Waals surface area (Å²) >= 11 is 0. The van der Waals surface area contributed by atoms with Gasteiger partial charge >= 0.3 is 6.18 Å². The van der Waals surface area contributed by atoms with Gasteiger partial charge in [0, 0.05) is 25.7 Å². The summed E-state index contributed by atoms with van der Waals surface area (Å²) in [5.74, 6) is -1.40. The third-order valence-corrected chi connectivity index (χ3v) is 7.27. The van der Waals surface area contributed by atoms with Crippen LogP contribution >= 0.6 is 0 Å². The number of halogens is 5. The van der Waals surface area contributed by atoms with Crippen molar-refractivity contribution in [3.63, 3.8) is 0 Å². The summed E-state index contributed by atoms with van der Waals surface area (Å²) in [7, 11) is 3.18. The third kappa shape index (κ3) is 7.36. The molecule has 0 saturated carbocycles. The molecular weight excluding hydrogens is 633 g/mol. The first-order chi connectivity index (χ1) is 22.8. The Labute approximate surface area is 271 Å². The van der Waals surface area contributed by atoms with E-state index in [4.69, 9.17) is 9.47 Å². The number of benzene rings is 4. The number of hydrogen-bond acceptors (Lipinski definition) is 5. The van der Waals surface area contributed by atoms with Gasteiger partial charge in [0.15, 0.2) is 0 Å². The van der Waals surface area contributed by atoms with Crippen LogP contribution in [0.4, 0.5) is 22.0 Å². The molecule has 244 valence electrons. The van der Waals surface area contributed by atoms with Crippen LogP contribution in [0.5, 0.6) is 17.2 Å². The van der Waals surface area contributed by atoms with Crippen molar-refractivity contribution < 1.29 is 36.2 Å². The fraction of sp³-hybridized carbons (Fsp3) is 0.139. The van der Waals surface area contributed by atoms with E-state index in [-0.39, 0.29) is 46.4 Å². The van der Waals surface area contributed by atoms with Gasteiger partial charge in [-0.3, -0.25) is 9.59 Å². The number of nitriles is 1. The minimum absolute atomic E-state index is 0.116. The van der Waals surface area contributed by atoms with Crippen LogP contribution in [0.3, 0.4) is 0 Å². The summed E-state index contributed by atoms with van der Waals surface area (Å²) in [4.78, 5) is 27.6. The first-order valence-electron chi connectivity index (χ1n) is 14.4. The number of rotatable bonds is 9. The second-order valence-corrected chi connectivity index (χ2v) is 10.8. The zero-order valence-electron chi connectivity index (χ0n) is 25.5. The molecule has 1 heterocycles. The summed E-state index contributed by atoms with van der Waals surface area (Å²) in [6.07, 6.45) is -5.04. The zero-order valence-corrected chi connectivity index (χ0v) is 25.5. The van der Waals surface area contributed by atoms with E-state index < -0.39 is 41.0 Å². The lowest BCUT2D eigenvalue weighted by Crippen LogP contribution is -2.29. The van der Waals surface area contributed by atoms with E-state index >= 15 is 0 Å². The van der Waals surface area contributed by atoms with Gasteiger partial charge in [0.2, 0.25) is 0 Å². The molecule has 0 spiro atoms. The molecule has 0 N–H and O–H groups in total. The predicted octanol–water partition coefficient (Wildman–Crippen LogP) is 7.81. The van der Waals surface area contributed by atoms with Crippen molar-refractivity contribution in [2.75, 3.05) is 14.1 Å². The number of ether oxygens (including phenoxy) is 2. The van der Waals surface area contributed by atoms with Crippen LogP contribution in [0.25, 0.3) is 11.3 Å². The molecule has 0 radical (unpaired) electrons. The van der Waals surface area contributed by atoms with Gasteiger partial charge in [-0.15, -0.1) is 0 Å². The maximum absolute atomic E-state index is 14.5. The summed E-state index contributed by atoms with van der Waals surface area (Å²) in [6, 6.07) is 24.3. The summed E-state index contributed by atoms with van der Waals surface area (Å²) in [6.45, 7) is -0.354. The van der Waals surface area contributed by atoms with Crippen LogP contribution in [-0.2, 0) is 19.3 Å². The lowest BCUT2D eigenvalue weighted by molar-refractivity contribution is -0.137. The Morgan fingerprint density at radius 3 is 2.21 bits per heavy atom. The van der Waals surface area contributed by atoms with E-state index in [0.717, 1.165) is 22.3 Å². The molecule has 12 heteroatoms. The van der Waals surface area contributed by atoms with Gasteiger partial charge in [-0.1, -0.05) is 36.4 Å². The Morgan fingerprint density at radius 2 is 1.58 bits per heavy atom. The van der Waals surface area contributed by atoms with E-state index in [2.05, 4.69) is 0 Å². The Bertz CT molecular complexity index is 2070. The minimum Gasteiger partial charge on any atom is -0.488 e. The van der Waals surface area contributed by atoms with Crippen LogP contribution in [0, 0.1) is 23.0 Å². The number of aromatic nitrogens is 1. The first-order valence-corrected chi connectivity index (χ1v) is 14.4. The van der Waals surface area contributed by atoms with Crippen molar-refractivity contribution in [2.45, 2.75) is 19.3 Å². The molecule has 0 saturated heterocycles. The number of pyridine rings is 1. The van der Waals surface area contributed by atoms with Crippen molar-refractivity contribution in [1.29, 1.82) is 5.26 Å². The number of carbonyl (C=O) groups excluding carboxylic acids is 1. The quantitative estimate of drug-likeness (QED) is 0.151. The maximum Gasteiger partial charge on any atom is 0.417 e. The molecule has 0 unspecified atom stereocenters. The highest BCUT2D eigenvalue weighted by Gasteiger charge is 2.36. The highest BCUT2D eigenvalue weighted by Crippen LogP contribution is 2.35. The molecule has 4 aromatic carbocycles.